The summed E-state index contributed by atoms with van der Waals surface area (Å²) >= 11 is 5.05. The highest BCUT2D eigenvalue weighted by Gasteiger charge is 2.40. The second-order valence-corrected chi connectivity index (χ2v) is 3.73. The van der Waals surface area contributed by atoms with Crippen LogP contribution in [0.25, 0.3) is 0 Å². The van der Waals surface area contributed by atoms with Crippen LogP contribution in [-0.2, 0) is 12.4 Å². The molecule has 0 spiro atoms. The van der Waals surface area contributed by atoms with Crippen molar-refractivity contribution in [2.75, 3.05) is 5.88 Å². The number of rotatable bonds is 2. The number of benzene rings is 1. The molecule has 0 saturated carbocycles. The van der Waals surface area contributed by atoms with Gasteiger partial charge in [0.05, 0.1) is 17.0 Å². The van der Waals surface area contributed by atoms with Crippen molar-refractivity contribution in [1.29, 1.82) is 0 Å². The molecule has 9 heteroatoms. The summed E-state index contributed by atoms with van der Waals surface area (Å²) in [5.74, 6) is -3.84. The van der Waals surface area contributed by atoms with E-state index in [9.17, 15) is 31.1 Å². The van der Waals surface area contributed by atoms with Crippen LogP contribution in [0.15, 0.2) is 12.1 Å². The first-order valence-corrected chi connectivity index (χ1v) is 5.12. The third kappa shape index (κ3) is 3.31. The summed E-state index contributed by atoms with van der Waals surface area (Å²) in [5, 5.41) is 9.00. The zero-order valence-corrected chi connectivity index (χ0v) is 9.62. The summed E-state index contributed by atoms with van der Waals surface area (Å²) in [7, 11) is 0. The lowest BCUT2D eigenvalue weighted by Gasteiger charge is -2.16. The fraction of sp³-hybridized carbons (Fsp3) is 0.300. The molecule has 0 aliphatic rings. The van der Waals surface area contributed by atoms with E-state index in [0.29, 0.717) is 0 Å². The molecule has 106 valence electrons. The van der Waals surface area contributed by atoms with Crippen molar-refractivity contribution < 1.29 is 36.2 Å². The van der Waals surface area contributed by atoms with Crippen molar-refractivity contribution in [1.82, 2.24) is 0 Å². The minimum absolute atomic E-state index is 0.0527. The van der Waals surface area contributed by atoms with Crippen molar-refractivity contribution in [3.8, 4) is 5.75 Å². The van der Waals surface area contributed by atoms with Crippen LogP contribution in [0.2, 0.25) is 0 Å². The molecule has 19 heavy (non-hydrogen) atoms. The lowest BCUT2D eigenvalue weighted by atomic mass is 9.99. The number of hydrogen-bond donors (Lipinski definition) is 1. The second-order valence-electron chi connectivity index (χ2n) is 3.47. The Morgan fingerprint density at radius 2 is 1.53 bits per heavy atom. The molecule has 0 amide bonds. The molecular formula is C10H5ClF6O2. The Bertz CT molecular complexity index is 506. The summed E-state index contributed by atoms with van der Waals surface area (Å²) in [4.78, 5) is 11.2. The Hall–Kier alpha value is -1.44. The van der Waals surface area contributed by atoms with Crippen LogP contribution in [0.4, 0.5) is 26.3 Å². The van der Waals surface area contributed by atoms with Crippen molar-refractivity contribution in [3.05, 3.63) is 28.8 Å². The minimum Gasteiger partial charge on any atom is -0.507 e. The molecule has 0 heterocycles. The topological polar surface area (TPSA) is 37.3 Å². The van der Waals surface area contributed by atoms with Crippen molar-refractivity contribution in [2.45, 2.75) is 12.4 Å². The Balaban J connectivity index is 3.60. The van der Waals surface area contributed by atoms with Gasteiger partial charge in [-0.2, -0.15) is 26.3 Å². The molecule has 1 rings (SSSR count). The van der Waals surface area contributed by atoms with Crippen LogP contribution >= 0.6 is 11.6 Å². The number of carbonyl (C=O) groups is 1. The van der Waals surface area contributed by atoms with Gasteiger partial charge in [0.15, 0.2) is 5.78 Å². The molecule has 0 aromatic heterocycles. The monoisotopic (exact) mass is 306 g/mol. The van der Waals surface area contributed by atoms with Gasteiger partial charge in [0.25, 0.3) is 0 Å². The second kappa shape index (κ2) is 4.92. The molecule has 0 aliphatic heterocycles. The summed E-state index contributed by atoms with van der Waals surface area (Å²) < 4.78 is 75.0. The van der Waals surface area contributed by atoms with Gasteiger partial charge in [-0.05, 0) is 12.1 Å². The van der Waals surface area contributed by atoms with E-state index in [2.05, 4.69) is 0 Å². The third-order valence-corrected chi connectivity index (χ3v) is 2.41. The highest BCUT2D eigenvalue weighted by molar-refractivity contribution is 6.30. The number of ketones is 1. The average molecular weight is 307 g/mol. The number of halogens is 7. The Labute approximate surface area is 107 Å². The predicted molar refractivity (Wildman–Crippen MR) is 53.2 cm³/mol. The van der Waals surface area contributed by atoms with Crippen LogP contribution in [0.3, 0.4) is 0 Å². The zero-order chi connectivity index (χ0) is 15.0. The van der Waals surface area contributed by atoms with Gasteiger partial charge in [-0.3, -0.25) is 4.79 Å². The molecule has 1 N–H and O–H groups in total. The first-order chi connectivity index (χ1) is 8.48. The average Bonchev–Trinajstić information content (AvgIpc) is 2.24. The molecule has 0 saturated heterocycles. The number of phenols is 1. The van der Waals surface area contributed by atoms with Gasteiger partial charge in [0.2, 0.25) is 0 Å². The fourth-order valence-corrected chi connectivity index (χ4v) is 1.50. The molecule has 0 unspecified atom stereocenters. The first-order valence-electron chi connectivity index (χ1n) is 4.59. The van der Waals surface area contributed by atoms with E-state index in [-0.39, 0.29) is 12.1 Å². The summed E-state index contributed by atoms with van der Waals surface area (Å²) in [6.07, 6.45) is -10.2. The molecular weight excluding hydrogens is 302 g/mol. The van der Waals surface area contributed by atoms with E-state index in [1.807, 2.05) is 0 Å². The fourth-order valence-electron chi connectivity index (χ4n) is 1.35. The Morgan fingerprint density at radius 1 is 1.05 bits per heavy atom. The maximum atomic E-state index is 12.6. The third-order valence-electron chi connectivity index (χ3n) is 2.17. The van der Waals surface area contributed by atoms with Crippen LogP contribution < -0.4 is 0 Å². The van der Waals surface area contributed by atoms with Gasteiger partial charge >= 0.3 is 12.4 Å². The van der Waals surface area contributed by atoms with Crippen LogP contribution in [0.1, 0.15) is 21.5 Å². The van der Waals surface area contributed by atoms with E-state index in [0.717, 1.165) is 0 Å². The number of hydrogen-bond acceptors (Lipinski definition) is 2. The molecule has 1 aromatic rings. The summed E-state index contributed by atoms with van der Waals surface area (Å²) in [5.41, 5.74) is -4.62. The van der Waals surface area contributed by atoms with Crippen molar-refractivity contribution in [2.24, 2.45) is 0 Å². The number of alkyl halides is 7. The number of aromatic hydroxyl groups is 1. The standard InChI is InChI=1S/C10H5ClF6O2/c11-3-8(19)4-1-6(10(15,16)17)7(18)2-5(4)9(12,13)14/h1-2,18H,3H2. The van der Waals surface area contributed by atoms with Crippen LogP contribution in [-0.4, -0.2) is 16.8 Å². The lowest BCUT2D eigenvalue weighted by Crippen LogP contribution is -2.16. The first kappa shape index (κ1) is 15.6. The van der Waals surface area contributed by atoms with E-state index in [1.54, 1.807) is 0 Å². The SMILES string of the molecule is O=C(CCl)c1cc(C(F)(F)F)c(O)cc1C(F)(F)F. The van der Waals surface area contributed by atoms with Crippen LogP contribution in [0.5, 0.6) is 5.75 Å². The summed E-state index contributed by atoms with van der Waals surface area (Å²) in [6, 6.07) is -0.189. The van der Waals surface area contributed by atoms with E-state index in [1.165, 1.54) is 0 Å². The molecule has 0 aliphatic carbocycles. The van der Waals surface area contributed by atoms with Gasteiger partial charge in [-0.15, -0.1) is 11.6 Å². The van der Waals surface area contributed by atoms with Gasteiger partial charge < -0.3 is 5.11 Å². The van der Waals surface area contributed by atoms with E-state index >= 15 is 0 Å². The maximum Gasteiger partial charge on any atom is 0.419 e. The molecule has 2 nitrogen and oxygen atoms in total. The van der Waals surface area contributed by atoms with E-state index < -0.39 is 46.5 Å². The van der Waals surface area contributed by atoms with Gasteiger partial charge in [-0.25, -0.2) is 0 Å². The van der Waals surface area contributed by atoms with Crippen molar-refractivity contribution >= 4 is 17.4 Å². The van der Waals surface area contributed by atoms with Gasteiger partial charge in [-0.1, -0.05) is 0 Å². The lowest BCUT2D eigenvalue weighted by molar-refractivity contribution is -0.142. The number of Topliss-reactive ketones (excluding diaryl/α,β-unsaturated/α-hetero) is 1. The largest absolute Gasteiger partial charge is 0.507 e. The van der Waals surface area contributed by atoms with Gasteiger partial charge in [0.1, 0.15) is 5.75 Å². The molecule has 0 radical (unpaired) electrons. The predicted octanol–water partition coefficient (Wildman–Crippen LogP) is 3.85. The quantitative estimate of drug-likeness (QED) is 0.512. The molecule has 0 atom stereocenters. The van der Waals surface area contributed by atoms with Crippen molar-refractivity contribution in [3.63, 3.8) is 0 Å². The highest BCUT2D eigenvalue weighted by atomic mass is 35.5. The smallest absolute Gasteiger partial charge is 0.419 e. The number of carbonyl (C=O) groups excluding carboxylic acids is 1. The normalized spacial score (nSPS) is 12.6. The highest BCUT2D eigenvalue weighted by Crippen LogP contribution is 2.41. The Morgan fingerprint density at radius 3 is 1.89 bits per heavy atom. The van der Waals surface area contributed by atoms with Gasteiger partial charge in [0, 0.05) is 5.56 Å². The summed E-state index contributed by atoms with van der Waals surface area (Å²) in [6.45, 7) is 0. The maximum absolute atomic E-state index is 12.6. The molecule has 1 aromatic carbocycles. The molecule has 0 bridgehead atoms. The molecule has 0 fully saturated rings. The van der Waals surface area contributed by atoms with Crippen LogP contribution in [0, 0.1) is 0 Å². The van der Waals surface area contributed by atoms with E-state index in [4.69, 9.17) is 16.7 Å². The minimum atomic E-state index is -5.09. The zero-order valence-electron chi connectivity index (χ0n) is 8.86. The number of phenolic OH excluding ortho intramolecular Hbond substituents is 1. The Kier molecular flexibility index (Phi) is 4.04.